The van der Waals surface area contributed by atoms with Crippen LogP contribution in [0.2, 0.25) is 0 Å². The van der Waals surface area contributed by atoms with Crippen LogP contribution in [0.3, 0.4) is 0 Å². The molecule has 0 radical (unpaired) electrons. The Bertz CT molecular complexity index is 472. The summed E-state index contributed by atoms with van der Waals surface area (Å²) >= 11 is 0. The van der Waals surface area contributed by atoms with Gasteiger partial charge in [-0.25, -0.2) is 9.59 Å². The molecule has 0 aromatic rings. The third kappa shape index (κ3) is 10.8. The largest absolute Gasteiger partial charge is 0.453 e. The van der Waals surface area contributed by atoms with Crippen LogP contribution >= 0.6 is 0 Å². The van der Waals surface area contributed by atoms with Gasteiger partial charge in [0, 0.05) is 6.54 Å². The molecule has 3 amide bonds. The number of amides is 3. The van der Waals surface area contributed by atoms with Crippen molar-refractivity contribution < 1.29 is 23.9 Å². The van der Waals surface area contributed by atoms with Crippen molar-refractivity contribution in [1.82, 2.24) is 16.0 Å². The molecule has 0 saturated heterocycles. The van der Waals surface area contributed by atoms with Crippen molar-refractivity contribution in [3.05, 3.63) is 0 Å². The lowest BCUT2D eigenvalue weighted by atomic mass is 10.0. The molecule has 0 fully saturated rings. The van der Waals surface area contributed by atoms with E-state index in [2.05, 4.69) is 20.7 Å². The lowest BCUT2D eigenvalue weighted by Gasteiger charge is -2.27. The fourth-order valence-electron chi connectivity index (χ4n) is 2.15. The van der Waals surface area contributed by atoms with Crippen LogP contribution in [-0.2, 0) is 14.3 Å². The summed E-state index contributed by atoms with van der Waals surface area (Å²) in [6, 6.07) is -0.997. The maximum atomic E-state index is 12.4. The molecule has 0 aliphatic rings. The van der Waals surface area contributed by atoms with Crippen LogP contribution in [0, 0.1) is 11.8 Å². The average molecular weight is 373 g/mol. The number of carbonyl (C=O) groups is 3. The van der Waals surface area contributed by atoms with Crippen LogP contribution in [-0.4, -0.2) is 49.4 Å². The molecule has 0 aromatic carbocycles. The fourth-order valence-corrected chi connectivity index (χ4v) is 2.15. The highest BCUT2D eigenvalue weighted by Crippen LogP contribution is 2.09. The lowest BCUT2D eigenvalue weighted by Crippen LogP contribution is -2.52. The molecule has 3 N–H and O–H groups in total. The predicted octanol–water partition coefficient (Wildman–Crippen LogP) is 2.42. The van der Waals surface area contributed by atoms with Crippen molar-refractivity contribution >= 4 is 18.1 Å². The van der Waals surface area contributed by atoms with E-state index in [0.717, 1.165) is 0 Å². The minimum Gasteiger partial charge on any atom is -0.453 e. The number of hydrogen-bond donors (Lipinski definition) is 3. The van der Waals surface area contributed by atoms with E-state index in [1.54, 1.807) is 20.8 Å². The van der Waals surface area contributed by atoms with Gasteiger partial charge in [0.15, 0.2) is 0 Å². The van der Waals surface area contributed by atoms with Gasteiger partial charge in [0.25, 0.3) is 0 Å². The van der Waals surface area contributed by atoms with E-state index in [1.807, 2.05) is 27.7 Å². The zero-order chi connectivity index (χ0) is 20.5. The molecule has 0 aliphatic heterocycles. The van der Waals surface area contributed by atoms with E-state index in [9.17, 15) is 14.4 Å². The second-order valence-electron chi connectivity index (χ2n) is 8.06. The highest BCUT2D eigenvalue weighted by Gasteiger charge is 2.25. The molecule has 2 atom stereocenters. The molecule has 0 saturated carbocycles. The zero-order valence-corrected chi connectivity index (χ0v) is 17.3. The van der Waals surface area contributed by atoms with Gasteiger partial charge in [-0.05, 0) is 39.0 Å². The van der Waals surface area contributed by atoms with Crippen LogP contribution in [0.5, 0.6) is 0 Å². The van der Waals surface area contributed by atoms with Crippen molar-refractivity contribution in [2.24, 2.45) is 11.8 Å². The molecule has 8 heteroatoms. The van der Waals surface area contributed by atoms with Gasteiger partial charge in [-0.2, -0.15) is 0 Å². The summed E-state index contributed by atoms with van der Waals surface area (Å²) in [4.78, 5) is 35.9. The van der Waals surface area contributed by atoms with Gasteiger partial charge < -0.3 is 25.4 Å². The van der Waals surface area contributed by atoms with Crippen molar-refractivity contribution in [2.75, 3.05) is 13.7 Å². The highest BCUT2D eigenvalue weighted by atomic mass is 16.6. The predicted molar refractivity (Wildman–Crippen MR) is 99.8 cm³/mol. The summed E-state index contributed by atoms with van der Waals surface area (Å²) in [6.07, 6.45) is -0.706. The van der Waals surface area contributed by atoms with Gasteiger partial charge >= 0.3 is 12.2 Å². The van der Waals surface area contributed by atoms with Crippen molar-refractivity contribution in [3.8, 4) is 0 Å². The Labute approximate surface area is 156 Å². The third-order valence-corrected chi connectivity index (χ3v) is 3.50. The first-order valence-corrected chi connectivity index (χ1v) is 8.97. The van der Waals surface area contributed by atoms with E-state index in [-0.39, 0.29) is 30.3 Å². The molecule has 0 rings (SSSR count). The molecule has 0 bridgehead atoms. The summed E-state index contributed by atoms with van der Waals surface area (Å²) in [7, 11) is 1.25. The zero-order valence-electron chi connectivity index (χ0n) is 17.3. The van der Waals surface area contributed by atoms with E-state index in [1.165, 1.54) is 7.11 Å². The van der Waals surface area contributed by atoms with E-state index in [0.29, 0.717) is 6.42 Å². The maximum absolute atomic E-state index is 12.4. The molecular formula is C18H35N3O5. The number of hydrogen-bond acceptors (Lipinski definition) is 5. The second-order valence-corrected chi connectivity index (χ2v) is 8.06. The van der Waals surface area contributed by atoms with E-state index in [4.69, 9.17) is 4.74 Å². The first kappa shape index (κ1) is 24.0. The number of ether oxygens (including phenoxy) is 2. The molecule has 26 heavy (non-hydrogen) atoms. The third-order valence-electron chi connectivity index (χ3n) is 3.50. The van der Waals surface area contributed by atoms with Gasteiger partial charge in [0.05, 0.1) is 13.2 Å². The van der Waals surface area contributed by atoms with Gasteiger partial charge in [-0.1, -0.05) is 27.7 Å². The Kier molecular flexibility index (Phi) is 10.0. The quantitative estimate of drug-likeness (QED) is 0.606. The first-order chi connectivity index (χ1) is 11.9. The minimum absolute atomic E-state index is 0.0833. The first-order valence-electron chi connectivity index (χ1n) is 8.97. The normalized spacial score (nSPS) is 13.8. The van der Waals surface area contributed by atoms with Crippen molar-refractivity contribution in [1.29, 1.82) is 0 Å². The Morgan fingerprint density at radius 1 is 0.962 bits per heavy atom. The van der Waals surface area contributed by atoms with Crippen LogP contribution in [0.1, 0.15) is 54.9 Å². The Balaban J connectivity index is 4.79. The SMILES string of the molecule is COC(=O)NC(CC(C)C)C(=O)NCC(NC(=O)OC(C)(C)C)C(C)C. The van der Waals surface area contributed by atoms with Crippen molar-refractivity contribution in [3.63, 3.8) is 0 Å². The smallest absolute Gasteiger partial charge is 0.407 e. The molecule has 0 aliphatic carbocycles. The monoisotopic (exact) mass is 373 g/mol. The van der Waals surface area contributed by atoms with Crippen LogP contribution in [0.25, 0.3) is 0 Å². The summed E-state index contributed by atoms with van der Waals surface area (Å²) < 4.78 is 9.83. The number of rotatable bonds is 8. The van der Waals surface area contributed by atoms with Gasteiger partial charge in [0.2, 0.25) is 5.91 Å². The molecule has 0 spiro atoms. The standard InChI is InChI=1S/C18H35N3O5/c1-11(2)9-13(20-16(23)25-8)15(22)19-10-14(12(3)4)21-17(24)26-18(5,6)7/h11-14H,9-10H2,1-8H3,(H,19,22)(H,20,23)(H,21,24). The lowest BCUT2D eigenvalue weighted by molar-refractivity contribution is -0.123. The number of carbonyl (C=O) groups excluding carboxylic acids is 3. The maximum Gasteiger partial charge on any atom is 0.407 e. The number of nitrogens with one attached hydrogen (secondary N) is 3. The van der Waals surface area contributed by atoms with Crippen molar-refractivity contribution in [2.45, 2.75) is 72.6 Å². The van der Waals surface area contributed by atoms with Gasteiger partial charge in [-0.15, -0.1) is 0 Å². The summed E-state index contributed by atoms with van der Waals surface area (Å²) in [6.45, 7) is 13.4. The average Bonchev–Trinajstić information content (AvgIpc) is 2.47. The van der Waals surface area contributed by atoms with Gasteiger partial charge in [-0.3, -0.25) is 4.79 Å². The van der Waals surface area contributed by atoms with E-state index < -0.39 is 23.8 Å². The summed E-state index contributed by atoms with van der Waals surface area (Å²) in [5.74, 6) is -0.0237. The molecule has 0 aromatic heterocycles. The Morgan fingerprint density at radius 2 is 1.54 bits per heavy atom. The molecule has 2 unspecified atom stereocenters. The second kappa shape index (κ2) is 10.9. The number of methoxy groups -OCH3 is 1. The Morgan fingerprint density at radius 3 is 1.96 bits per heavy atom. The molecule has 8 nitrogen and oxygen atoms in total. The summed E-state index contributed by atoms with van der Waals surface area (Å²) in [5, 5.41) is 8.10. The molecule has 0 heterocycles. The Hall–Kier alpha value is -1.99. The van der Waals surface area contributed by atoms with Crippen LogP contribution in [0.4, 0.5) is 9.59 Å². The van der Waals surface area contributed by atoms with Crippen LogP contribution < -0.4 is 16.0 Å². The topological polar surface area (TPSA) is 106 Å². The number of alkyl carbamates (subject to hydrolysis) is 2. The van der Waals surface area contributed by atoms with Crippen LogP contribution in [0.15, 0.2) is 0 Å². The van der Waals surface area contributed by atoms with Gasteiger partial charge in [0.1, 0.15) is 11.6 Å². The van der Waals surface area contributed by atoms with E-state index >= 15 is 0 Å². The highest BCUT2D eigenvalue weighted by molar-refractivity contribution is 5.85. The molecular weight excluding hydrogens is 338 g/mol. The summed E-state index contributed by atoms with van der Waals surface area (Å²) in [5.41, 5.74) is -0.596. The minimum atomic E-state index is -0.697. The molecule has 152 valence electrons. The fraction of sp³-hybridized carbons (Fsp3) is 0.833.